The molecule has 0 spiro atoms. The molecule has 2 aromatic carbocycles. The second-order valence-electron chi connectivity index (χ2n) is 6.71. The fourth-order valence-electron chi connectivity index (χ4n) is 3.07. The van der Waals surface area contributed by atoms with Crippen LogP contribution in [0.4, 0.5) is 20.2 Å². The zero-order chi connectivity index (χ0) is 19.2. The first-order valence-electron chi connectivity index (χ1n) is 9.02. The Labute approximate surface area is 157 Å². The minimum absolute atomic E-state index is 0.0347. The van der Waals surface area contributed by atoms with Gasteiger partial charge in [0.25, 0.3) is 0 Å². The lowest BCUT2D eigenvalue weighted by Crippen LogP contribution is -2.42. The van der Waals surface area contributed by atoms with Crippen LogP contribution < -0.4 is 16.0 Å². The van der Waals surface area contributed by atoms with Gasteiger partial charge in [-0.3, -0.25) is 9.69 Å². The number of nitrogens with zero attached hydrogens (tertiary/aromatic N) is 1. The van der Waals surface area contributed by atoms with Gasteiger partial charge in [0.1, 0.15) is 0 Å². The van der Waals surface area contributed by atoms with Crippen LogP contribution in [0.2, 0.25) is 0 Å². The normalized spacial score (nSPS) is 14.8. The summed E-state index contributed by atoms with van der Waals surface area (Å²) < 4.78 is 26.1. The largest absolute Gasteiger partial charge is 0.376 e. The number of nitrogens with one attached hydrogen (secondary N) is 3. The molecule has 1 fully saturated rings. The molecule has 0 unspecified atom stereocenters. The SMILES string of the molecule is Cc1cc(CN2CCNCC2)ccc1NC(=O)CNc1ccc(F)c(F)c1. The van der Waals surface area contributed by atoms with E-state index in [0.717, 1.165) is 56.1 Å². The van der Waals surface area contributed by atoms with Crippen molar-refractivity contribution in [1.29, 1.82) is 0 Å². The van der Waals surface area contributed by atoms with Crippen molar-refractivity contribution in [1.82, 2.24) is 10.2 Å². The van der Waals surface area contributed by atoms with Crippen LogP contribution in [0.25, 0.3) is 0 Å². The van der Waals surface area contributed by atoms with Crippen molar-refractivity contribution in [2.75, 3.05) is 43.4 Å². The van der Waals surface area contributed by atoms with E-state index in [1.54, 1.807) is 0 Å². The Kier molecular flexibility index (Phi) is 6.36. The highest BCUT2D eigenvalue weighted by Gasteiger charge is 2.11. The molecule has 1 aliphatic heterocycles. The maximum Gasteiger partial charge on any atom is 0.243 e. The Bertz CT molecular complexity index is 807. The van der Waals surface area contributed by atoms with Gasteiger partial charge in [-0.05, 0) is 36.2 Å². The zero-order valence-corrected chi connectivity index (χ0v) is 15.3. The third-order valence-corrected chi connectivity index (χ3v) is 4.55. The standard InChI is InChI=1S/C20H24F2N4O/c1-14-10-15(13-26-8-6-23-7-9-26)2-5-19(14)25-20(27)12-24-16-3-4-17(21)18(22)11-16/h2-5,10-11,23-24H,6-9,12-13H2,1H3,(H,25,27). The number of benzene rings is 2. The van der Waals surface area contributed by atoms with Crippen molar-refractivity contribution in [3.63, 3.8) is 0 Å². The molecule has 1 heterocycles. The van der Waals surface area contributed by atoms with E-state index in [9.17, 15) is 13.6 Å². The lowest BCUT2D eigenvalue weighted by Gasteiger charge is -2.27. The third-order valence-electron chi connectivity index (χ3n) is 4.55. The molecule has 0 atom stereocenters. The molecular weight excluding hydrogens is 350 g/mol. The molecule has 0 aliphatic carbocycles. The maximum atomic E-state index is 13.2. The summed E-state index contributed by atoms with van der Waals surface area (Å²) in [6.45, 7) is 6.91. The average molecular weight is 374 g/mol. The number of aryl methyl sites for hydroxylation is 1. The van der Waals surface area contributed by atoms with Gasteiger partial charge in [0.2, 0.25) is 5.91 Å². The summed E-state index contributed by atoms with van der Waals surface area (Å²) in [5.41, 5.74) is 3.31. The van der Waals surface area contributed by atoms with Crippen LogP contribution in [0.3, 0.4) is 0 Å². The molecule has 3 N–H and O–H groups in total. The van der Waals surface area contributed by atoms with Crippen LogP contribution in [0.1, 0.15) is 11.1 Å². The van der Waals surface area contributed by atoms with Gasteiger partial charge in [-0.2, -0.15) is 0 Å². The van der Waals surface area contributed by atoms with Gasteiger partial charge in [0.15, 0.2) is 11.6 Å². The predicted molar refractivity (Wildman–Crippen MR) is 103 cm³/mol. The Morgan fingerprint density at radius 1 is 1.11 bits per heavy atom. The second-order valence-corrected chi connectivity index (χ2v) is 6.71. The van der Waals surface area contributed by atoms with Gasteiger partial charge in [0, 0.05) is 50.2 Å². The van der Waals surface area contributed by atoms with Crippen molar-refractivity contribution >= 4 is 17.3 Å². The quantitative estimate of drug-likeness (QED) is 0.728. The molecule has 1 saturated heterocycles. The highest BCUT2D eigenvalue weighted by atomic mass is 19.2. The molecule has 27 heavy (non-hydrogen) atoms. The van der Waals surface area contributed by atoms with Crippen LogP contribution in [-0.2, 0) is 11.3 Å². The molecule has 3 rings (SSSR count). The number of carbonyl (C=O) groups is 1. The highest BCUT2D eigenvalue weighted by molar-refractivity contribution is 5.94. The molecule has 0 aromatic heterocycles. The van der Waals surface area contributed by atoms with E-state index in [4.69, 9.17) is 0 Å². The molecule has 0 radical (unpaired) electrons. The Balaban J connectivity index is 1.53. The number of amides is 1. The summed E-state index contributed by atoms with van der Waals surface area (Å²) in [5, 5.41) is 8.97. The zero-order valence-electron chi connectivity index (χ0n) is 15.3. The van der Waals surface area contributed by atoms with Crippen molar-refractivity contribution in [3.8, 4) is 0 Å². The number of piperazine rings is 1. The summed E-state index contributed by atoms with van der Waals surface area (Å²) >= 11 is 0. The van der Waals surface area contributed by atoms with Crippen LogP contribution in [0, 0.1) is 18.6 Å². The van der Waals surface area contributed by atoms with Gasteiger partial charge in [-0.1, -0.05) is 12.1 Å². The number of hydrogen-bond acceptors (Lipinski definition) is 4. The van der Waals surface area contributed by atoms with Gasteiger partial charge < -0.3 is 16.0 Å². The van der Waals surface area contributed by atoms with E-state index < -0.39 is 11.6 Å². The first-order valence-corrected chi connectivity index (χ1v) is 9.02. The molecule has 5 nitrogen and oxygen atoms in total. The Hall–Kier alpha value is -2.51. The lowest BCUT2D eigenvalue weighted by atomic mass is 10.1. The summed E-state index contributed by atoms with van der Waals surface area (Å²) in [5.74, 6) is -2.12. The van der Waals surface area contributed by atoms with Crippen LogP contribution in [0.15, 0.2) is 36.4 Å². The lowest BCUT2D eigenvalue weighted by molar-refractivity contribution is -0.114. The number of rotatable bonds is 6. The fourth-order valence-corrected chi connectivity index (χ4v) is 3.07. The van der Waals surface area contributed by atoms with Crippen LogP contribution in [0.5, 0.6) is 0 Å². The predicted octanol–water partition coefficient (Wildman–Crippen LogP) is 2.73. The summed E-state index contributed by atoms with van der Waals surface area (Å²) in [4.78, 5) is 14.5. The Morgan fingerprint density at radius 3 is 2.59 bits per heavy atom. The van der Waals surface area contributed by atoms with Crippen LogP contribution in [-0.4, -0.2) is 43.5 Å². The summed E-state index contributed by atoms with van der Waals surface area (Å²) in [6.07, 6.45) is 0. The van der Waals surface area contributed by atoms with E-state index in [2.05, 4.69) is 26.9 Å². The molecule has 2 aromatic rings. The minimum Gasteiger partial charge on any atom is -0.376 e. The smallest absolute Gasteiger partial charge is 0.243 e. The molecule has 144 valence electrons. The molecule has 1 aliphatic rings. The van der Waals surface area contributed by atoms with E-state index in [1.165, 1.54) is 11.6 Å². The number of carbonyl (C=O) groups excluding carboxylic acids is 1. The van der Waals surface area contributed by atoms with Crippen molar-refractivity contribution in [2.24, 2.45) is 0 Å². The molecular formula is C20H24F2N4O. The first-order chi connectivity index (χ1) is 13.0. The minimum atomic E-state index is -0.948. The summed E-state index contributed by atoms with van der Waals surface area (Å²) in [7, 11) is 0. The van der Waals surface area contributed by atoms with Crippen LogP contribution >= 0.6 is 0 Å². The first kappa shape index (κ1) is 19.3. The highest BCUT2D eigenvalue weighted by Crippen LogP contribution is 2.18. The second kappa shape index (κ2) is 8.92. The fraction of sp³-hybridized carbons (Fsp3) is 0.350. The van der Waals surface area contributed by atoms with E-state index >= 15 is 0 Å². The van der Waals surface area contributed by atoms with Crippen molar-refractivity contribution in [2.45, 2.75) is 13.5 Å². The Morgan fingerprint density at radius 2 is 1.89 bits per heavy atom. The third kappa shape index (κ3) is 5.48. The molecule has 0 bridgehead atoms. The van der Waals surface area contributed by atoms with Gasteiger partial charge in [0.05, 0.1) is 6.54 Å². The summed E-state index contributed by atoms with van der Waals surface area (Å²) in [6, 6.07) is 9.45. The number of hydrogen-bond donors (Lipinski definition) is 3. The van der Waals surface area contributed by atoms with Gasteiger partial charge in [-0.15, -0.1) is 0 Å². The monoisotopic (exact) mass is 374 g/mol. The molecule has 1 amide bonds. The molecule has 0 saturated carbocycles. The average Bonchev–Trinajstić information content (AvgIpc) is 2.66. The topological polar surface area (TPSA) is 56.4 Å². The van der Waals surface area contributed by atoms with Gasteiger partial charge >= 0.3 is 0 Å². The number of anilines is 2. The van der Waals surface area contributed by atoms with Crippen molar-refractivity contribution < 1.29 is 13.6 Å². The molecule has 7 heteroatoms. The maximum absolute atomic E-state index is 13.2. The van der Waals surface area contributed by atoms with Gasteiger partial charge in [-0.25, -0.2) is 8.78 Å². The number of halogens is 2. The van der Waals surface area contributed by atoms with E-state index in [0.29, 0.717) is 5.69 Å². The van der Waals surface area contributed by atoms with E-state index in [-0.39, 0.29) is 12.5 Å². The van der Waals surface area contributed by atoms with Crippen molar-refractivity contribution in [3.05, 3.63) is 59.2 Å². The van der Waals surface area contributed by atoms with E-state index in [1.807, 2.05) is 19.1 Å².